The van der Waals surface area contributed by atoms with Crippen LogP contribution in [0.3, 0.4) is 0 Å². The Morgan fingerprint density at radius 1 is 0.913 bits per heavy atom. The molecule has 0 aromatic heterocycles. The molecule has 0 aliphatic rings. The van der Waals surface area contributed by atoms with Crippen LogP contribution < -0.4 is 29.6 Å². The fourth-order valence-corrected chi connectivity index (χ4v) is 3.45. The van der Waals surface area contributed by atoms with Gasteiger partial charge in [-0.2, -0.15) is 0 Å². The number of hydrogen-bond acceptors (Lipinski definition) is 3. The maximum Gasteiger partial charge on any atom is 1.00 e. The second-order valence-corrected chi connectivity index (χ2v) is 7.11. The largest absolute Gasteiger partial charge is 1.00 e. The summed E-state index contributed by atoms with van der Waals surface area (Å²) < 4.78 is 34.4. The van der Waals surface area contributed by atoms with Gasteiger partial charge >= 0.3 is 29.6 Å². The molecule has 0 aliphatic heterocycles. The molecule has 0 spiro atoms. The molecule has 0 bridgehead atoms. The van der Waals surface area contributed by atoms with Crippen LogP contribution in [0, 0.1) is 0 Å². The predicted octanol–water partition coefficient (Wildman–Crippen LogP) is 1.43. The van der Waals surface area contributed by atoms with Crippen molar-refractivity contribution in [1.82, 2.24) is 0 Å². The zero-order valence-corrected chi connectivity index (χ0v) is 17.1. The van der Waals surface area contributed by atoms with Crippen LogP contribution >= 0.6 is 0 Å². The van der Waals surface area contributed by atoms with Crippen LogP contribution in [-0.2, 0) is 23.0 Å². The van der Waals surface area contributed by atoms with Gasteiger partial charge < -0.3 is 4.55 Å². The van der Waals surface area contributed by atoms with E-state index in [0.717, 1.165) is 49.5 Å². The Labute approximate surface area is 161 Å². The maximum atomic E-state index is 11.5. The van der Waals surface area contributed by atoms with E-state index in [1.165, 1.54) is 11.6 Å². The van der Waals surface area contributed by atoms with Gasteiger partial charge in [-0.05, 0) is 53.6 Å². The van der Waals surface area contributed by atoms with Crippen LogP contribution in [0.25, 0.3) is 10.8 Å². The minimum Gasteiger partial charge on any atom is -0.744 e. The Kier molecular flexibility index (Phi) is 8.25. The van der Waals surface area contributed by atoms with E-state index in [-0.39, 0.29) is 34.5 Å². The van der Waals surface area contributed by atoms with Gasteiger partial charge in [-0.25, -0.2) is 8.42 Å². The van der Waals surface area contributed by atoms with Gasteiger partial charge in [0.25, 0.3) is 0 Å². The second-order valence-electron chi connectivity index (χ2n) is 5.76. The fourth-order valence-electron chi connectivity index (χ4n) is 2.77. The first-order valence-corrected chi connectivity index (χ1v) is 9.38. The monoisotopic (exact) mass is 342 g/mol. The maximum absolute atomic E-state index is 11.5. The summed E-state index contributed by atoms with van der Waals surface area (Å²) in [5.74, 6) is 0. The average molecular weight is 342 g/mol. The van der Waals surface area contributed by atoms with Crippen molar-refractivity contribution in [3.63, 3.8) is 0 Å². The quantitative estimate of drug-likeness (QED) is 0.565. The first-order chi connectivity index (χ1) is 10.5. The molecule has 5 heteroatoms. The van der Waals surface area contributed by atoms with Crippen LogP contribution in [-0.4, -0.2) is 13.0 Å². The van der Waals surface area contributed by atoms with Gasteiger partial charge in [0.05, 0.1) is 4.90 Å². The summed E-state index contributed by atoms with van der Waals surface area (Å²) in [4.78, 5) is -0.107. The Morgan fingerprint density at radius 3 is 2.17 bits per heavy atom. The van der Waals surface area contributed by atoms with E-state index in [0.29, 0.717) is 5.39 Å². The standard InChI is InChI=1S/C18H24O3S.Na/c1-3-5-7-14-9-11-16-17(13-14)15(8-6-4-2)10-12-18(16)22(19,20)21;/h9-13H,3-8H2,1-2H3,(H,19,20,21);/q;+1/p-1. The zero-order chi connectivity index (χ0) is 16.2. The van der Waals surface area contributed by atoms with E-state index < -0.39 is 10.1 Å². The van der Waals surface area contributed by atoms with Gasteiger partial charge in [0.1, 0.15) is 10.1 Å². The van der Waals surface area contributed by atoms with Crippen molar-refractivity contribution in [1.29, 1.82) is 0 Å². The first-order valence-electron chi connectivity index (χ1n) is 7.97. The van der Waals surface area contributed by atoms with Gasteiger partial charge in [0.15, 0.2) is 0 Å². The predicted molar refractivity (Wildman–Crippen MR) is 89.1 cm³/mol. The topological polar surface area (TPSA) is 57.2 Å². The van der Waals surface area contributed by atoms with Gasteiger partial charge in [-0.1, -0.05) is 51.0 Å². The van der Waals surface area contributed by atoms with Crippen molar-refractivity contribution in [3.05, 3.63) is 41.5 Å². The molecule has 0 N–H and O–H groups in total. The number of fused-ring (bicyclic) bond motifs is 1. The van der Waals surface area contributed by atoms with Crippen molar-refractivity contribution in [3.8, 4) is 0 Å². The van der Waals surface area contributed by atoms with Crippen molar-refractivity contribution in [2.75, 3.05) is 0 Å². The SMILES string of the molecule is CCCCc1ccc2c(S(=O)(=O)[O-])ccc(CCCC)c2c1.[Na+]. The molecular weight excluding hydrogens is 319 g/mol. The van der Waals surface area contributed by atoms with E-state index in [2.05, 4.69) is 19.9 Å². The summed E-state index contributed by atoms with van der Waals surface area (Å²) in [5, 5.41) is 1.47. The minimum atomic E-state index is -4.45. The first kappa shape index (κ1) is 20.7. The molecule has 0 amide bonds. The summed E-state index contributed by atoms with van der Waals surface area (Å²) in [7, 11) is -4.45. The Bertz CT molecular complexity index is 754. The normalized spacial score (nSPS) is 11.4. The number of unbranched alkanes of at least 4 members (excludes halogenated alkanes) is 2. The summed E-state index contributed by atoms with van der Waals surface area (Å²) >= 11 is 0. The molecule has 2 aromatic carbocycles. The average Bonchev–Trinajstić information content (AvgIpc) is 2.49. The second kappa shape index (κ2) is 9.19. The number of rotatable bonds is 7. The third-order valence-electron chi connectivity index (χ3n) is 4.02. The minimum absolute atomic E-state index is 0. The van der Waals surface area contributed by atoms with Crippen LogP contribution in [0.4, 0.5) is 0 Å². The van der Waals surface area contributed by atoms with Gasteiger partial charge in [0.2, 0.25) is 0 Å². The third-order valence-corrected chi connectivity index (χ3v) is 4.91. The van der Waals surface area contributed by atoms with E-state index in [4.69, 9.17) is 0 Å². The molecule has 3 nitrogen and oxygen atoms in total. The van der Waals surface area contributed by atoms with Crippen molar-refractivity contribution >= 4 is 20.9 Å². The van der Waals surface area contributed by atoms with Crippen LogP contribution in [0.1, 0.15) is 50.7 Å². The van der Waals surface area contributed by atoms with Gasteiger partial charge in [0, 0.05) is 0 Å². The van der Waals surface area contributed by atoms with Crippen LogP contribution in [0.5, 0.6) is 0 Å². The molecule has 120 valence electrons. The Hall–Kier alpha value is -0.390. The molecule has 0 saturated carbocycles. The number of hydrogen-bond donors (Lipinski definition) is 0. The molecule has 23 heavy (non-hydrogen) atoms. The molecule has 0 heterocycles. The van der Waals surface area contributed by atoms with Crippen LogP contribution in [0.15, 0.2) is 35.2 Å². The summed E-state index contributed by atoms with van der Waals surface area (Å²) in [6.45, 7) is 4.28. The van der Waals surface area contributed by atoms with Crippen molar-refractivity contribution < 1.29 is 42.5 Å². The van der Waals surface area contributed by atoms with Crippen molar-refractivity contribution in [2.24, 2.45) is 0 Å². The van der Waals surface area contributed by atoms with Gasteiger partial charge in [-0.15, -0.1) is 0 Å². The number of aryl methyl sites for hydroxylation is 2. The van der Waals surface area contributed by atoms with E-state index in [1.54, 1.807) is 12.1 Å². The molecule has 0 unspecified atom stereocenters. The van der Waals surface area contributed by atoms with E-state index in [1.807, 2.05) is 6.07 Å². The number of benzene rings is 2. The van der Waals surface area contributed by atoms with Gasteiger partial charge in [-0.3, -0.25) is 0 Å². The zero-order valence-electron chi connectivity index (χ0n) is 14.3. The summed E-state index contributed by atoms with van der Waals surface area (Å²) in [6, 6.07) is 9.05. The Morgan fingerprint density at radius 2 is 1.57 bits per heavy atom. The van der Waals surface area contributed by atoms with E-state index >= 15 is 0 Å². The Balaban J connectivity index is 0.00000264. The summed E-state index contributed by atoms with van der Waals surface area (Å²) in [5.41, 5.74) is 2.33. The molecule has 0 fully saturated rings. The van der Waals surface area contributed by atoms with E-state index in [9.17, 15) is 13.0 Å². The molecule has 0 saturated heterocycles. The van der Waals surface area contributed by atoms with Crippen molar-refractivity contribution in [2.45, 2.75) is 57.3 Å². The molecule has 2 aromatic rings. The smallest absolute Gasteiger partial charge is 0.744 e. The molecule has 0 atom stereocenters. The van der Waals surface area contributed by atoms with Crippen LogP contribution in [0.2, 0.25) is 0 Å². The fraction of sp³-hybridized carbons (Fsp3) is 0.444. The third kappa shape index (κ3) is 5.30. The molecule has 2 rings (SSSR count). The summed E-state index contributed by atoms with van der Waals surface area (Å²) in [6.07, 6.45) is 6.25. The molecule has 0 aliphatic carbocycles. The molecular formula is C18H23NaO3S. The molecule has 0 radical (unpaired) electrons.